The van der Waals surface area contributed by atoms with Crippen LogP contribution in [0.5, 0.6) is 5.75 Å². The molecular weight excluding hydrogens is 188 g/mol. The molecule has 0 bridgehead atoms. The number of carbonyl (C=O) groups is 1. The van der Waals surface area contributed by atoms with Gasteiger partial charge in [0.15, 0.2) is 0 Å². The zero-order chi connectivity index (χ0) is 11.4. The number of ether oxygens (including phenoxy) is 1. The maximum atomic E-state index is 10.5. The van der Waals surface area contributed by atoms with Crippen LogP contribution in [0.15, 0.2) is 12.1 Å². The van der Waals surface area contributed by atoms with Crippen molar-refractivity contribution in [3.63, 3.8) is 0 Å². The van der Waals surface area contributed by atoms with Gasteiger partial charge >= 0.3 is 0 Å². The Kier molecular flexibility index (Phi) is 3.89. The highest BCUT2D eigenvalue weighted by molar-refractivity contribution is 5.53. The largest absolute Gasteiger partial charge is 0.496 e. The lowest BCUT2D eigenvalue weighted by Crippen LogP contribution is -2.01. The van der Waals surface area contributed by atoms with E-state index in [4.69, 9.17) is 4.74 Å². The first kappa shape index (κ1) is 11.8. The molecule has 1 atom stereocenters. The highest BCUT2D eigenvalue weighted by Crippen LogP contribution is 2.31. The molecule has 2 nitrogen and oxygen atoms in total. The maximum Gasteiger partial charge on any atom is 0.124 e. The molecule has 0 aromatic heterocycles. The van der Waals surface area contributed by atoms with Gasteiger partial charge in [-0.2, -0.15) is 0 Å². The van der Waals surface area contributed by atoms with Gasteiger partial charge in [-0.3, -0.25) is 0 Å². The van der Waals surface area contributed by atoms with Crippen LogP contribution in [0.4, 0.5) is 0 Å². The zero-order valence-electron chi connectivity index (χ0n) is 9.83. The molecule has 0 aliphatic heterocycles. The summed E-state index contributed by atoms with van der Waals surface area (Å²) < 4.78 is 5.36. The van der Waals surface area contributed by atoms with Crippen LogP contribution >= 0.6 is 0 Å². The Bertz CT molecular complexity index is 356. The number of methoxy groups -OCH3 is 1. The second-order valence-electron chi connectivity index (χ2n) is 3.93. The molecule has 1 aromatic carbocycles. The summed E-state index contributed by atoms with van der Waals surface area (Å²) in [5, 5.41) is 0. The van der Waals surface area contributed by atoms with Crippen LogP contribution in [0, 0.1) is 13.8 Å². The van der Waals surface area contributed by atoms with Gasteiger partial charge < -0.3 is 9.53 Å². The Morgan fingerprint density at radius 3 is 2.60 bits per heavy atom. The van der Waals surface area contributed by atoms with Crippen molar-refractivity contribution in [1.29, 1.82) is 0 Å². The number of carbonyl (C=O) groups excluding carboxylic acids is 1. The number of aryl methyl sites for hydroxylation is 1. The summed E-state index contributed by atoms with van der Waals surface area (Å²) in [5.74, 6) is 1.20. The predicted octanol–water partition coefficient (Wildman–Crippen LogP) is 3.00. The normalized spacial score (nSPS) is 12.3. The van der Waals surface area contributed by atoms with E-state index < -0.39 is 0 Å². The monoisotopic (exact) mass is 206 g/mol. The maximum absolute atomic E-state index is 10.5. The molecule has 15 heavy (non-hydrogen) atoms. The summed E-state index contributed by atoms with van der Waals surface area (Å²) >= 11 is 0. The van der Waals surface area contributed by atoms with Gasteiger partial charge in [-0.05, 0) is 36.5 Å². The summed E-state index contributed by atoms with van der Waals surface area (Å²) in [6.07, 6.45) is 1.53. The number of rotatable bonds is 4. The lowest BCUT2D eigenvalue weighted by atomic mass is 9.92. The highest BCUT2D eigenvalue weighted by atomic mass is 16.5. The quantitative estimate of drug-likeness (QED) is 0.708. The number of hydrogen-bond acceptors (Lipinski definition) is 2. The molecule has 0 radical (unpaired) electrons. The summed E-state index contributed by atoms with van der Waals surface area (Å²) in [5.41, 5.74) is 3.48. The van der Waals surface area contributed by atoms with Crippen LogP contribution in [0.3, 0.4) is 0 Å². The SMILES string of the molecule is COc1c(C)ccc(C(C)CC=O)c1C. The van der Waals surface area contributed by atoms with E-state index in [0.717, 1.165) is 23.2 Å². The molecule has 0 saturated carbocycles. The lowest BCUT2D eigenvalue weighted by Gasteiger charge is -2.16. The van der Waals surface area contributed by atoms with Gasteiger partial charge in [0.25, 0.3) is 0 Å². The van der Waals surface area contributed by atoms with Gasteiger partial charge in [-0.1, -0.05) is 19.1 Å². The minimum Gasteiger partial charge on any atom is -0.496 e. The first-order valence-corrected chi connectivity index (χ1v) is 5.19. The van der Waals surface area contributed by atoms with Crippen LogP contribution in [-0.4, -0.2) is 13.4 Å². The molecular formula is C13H18O2. The van der Waals surface area contributed by atoms with Crippen molar-refractivity contribution in [3.05, 3.63) is 28.8 Å². The van der Waals surface area contributed by atoms with Crippen molar-refractivity contribution in [2.45, 2.75) is 33.1 Å². The van der Waals surface area contributed by atoms with E-state index in [1.165, 1.54) is 5.56 Å². The Morgan fingerprint density at radius 2 is 2.07 bits per heavy atom. The van der Waals surface area contributed by atoms with Crippen molar-refractivity contribution in [3.8, 4) is 5.75 Å². The minimum absolute atomic E-state index is 0.261. The topological polar surface area (TPSA) is 26.3 Å². The average Bonchev–Trinajstić information content (AvgIpc) is 2.18. The van der Waals surface area contributed by atoms with E-state index >= 15 is 0 Å². The van der Waals surface area contributed by atoms with Gasteiger partial charge in [0.05, 0.1) is 7.11 Å². The van der Waals surface area contributed by atoms with Gasteiger partial charge in [0.2, 0.25) is 0 Å². The Labute approximate surface area is 91.3 Å². The van der Waals surface area contributed by atoms with Crippen molar-refractivity contribution in [2.75, 3.05) is 7.11 Å². The van der Waals surface area contributed by atoms with Crippen LogP contribution in [-0.2, 0) is 4.79 Å². The second kappa shape index (κ2) is 4.96. The van der Waals surface area contributed by atoms with Crippen LogP contribution in [0.1, 0.15) is 36.0 Å². The van der Waals surface area contributed by atoms with E-state index in [1.807, 2.05) is 19.9 Å². The van der Waals surface area contributed by atoms with Crippen molar-refractivity contribution < 1.29 is 9.53 Å². The fraction of sp³-hybridized carbons (Fsp3) is 0.462. The van der Waals surface area contributed by atoms with E-state index in [1.54, 1.807) is 7.11 Å². The Balaban J connectivity index is 3.14. The molecule has 2 heteroatoms. The molecule has 0 heterocycles. The van der Waals surface area contributed by atoms with Crippen LogP contribution in [0.2, 0.25) is 0 Å². The van der Waals surface area contributed by atoms with Gasteiger partial charge in [0, 0.05) is 6.42 Å². The molecule has 1 rings (SSSR count). The Hall–Kier alpha value is -1.31. The molecule has 82 valence electrons. The molecule has 0 amide bonds. The molecule has 0 saturated heterocycles. The third-order valence-electron chi connectivity index (χ3n) is 2.83. The predicted molar refractivity (Wildman–Crippen MR) is 61.6 cm³/mol. The fourth-order valence-electron chi connectivity index (χ4n) is 1.96. The van der Waals surface area contributed by atoms with Crippen molar-refractivity contribution in [2.24, 2.45) is 0 Å². The summed E-state index contributed by atoms with van der Waals surface area (Å²) in [7, 11) is 1.68. The standard InChI is InChI=1S/C13H18O2/c1-9(7-8-14)12-6-5-10(2)13(15-4)11(12)3/h5-6,8-9H,7H2,1-4H3. The van der Waals surface area contributed by atoms with Gasteiger partial charge in [0.1, 0.15) is 12.0 Å². The third kappa shape index (κ3) is 2.38. The van der Waals surface area contributed by atoms with E-state index in [9.17, 15) is 4.79 Å². The smallest absolute Gasteiger partial charge is 0.124 e. The molecule has 0 N–H and O–H groups in total. The minimum atomic E-state index is 0.261. The molecule has 1 aromatic rings. The van der Waals surface area contributed by atoms with Crippen molar-refractivity contribution in [1.82, 2.24) is 0 Å². The first-order chi connectivity index (χ1) is 7.11. The number of benzene rings is 1. The van der Waals surface area contributed by atoms with E-state index in [-0.39, 0.29) is 5.92 Å². The summed E-state index contributed by atoms with van der Waals surface area (Å²) in [6.45, 7) is 6.13. The highest BCUT2D eigenvalue weighted by Gasteiger charge is 2.12. The number of hydrogen-bond donors (Lipinski definition) is 0. The average molecular weight is 206 g/mol. The number of aldehydes is 1. The molecule has 0 aliphatic rings. The van der Waals surface area contributed by atoms with Crippen LogP contribution < -0.4 is 4.74 Å². The zero-order valence-corrected chi connectivity index (χ0v) is 9.83. The first-order valence-electron chi connectivity index (χ1n) is 5.19. The molecule has 0 aliphatic carbocycles. The fourth-order valence-corrected chi connectivity index (χ4v) is 1.96. The van der Waals surface area contributed by atoms with Gasteiger partial charge in [-0.25, -0.2) is 0 Å². The van der Waals surface area contributed by atoms with Gasteiger partial charge in [-0.15, -0.1) is 0 Å². The molecule has 0 fully saturated rings. The Morgan fingerprint density at radius 1 is 1.40 bits per heavy atom. The third-order valence-corrected chi connectivity index (χ3v) is 2.83. The summed E-state index contributed by atoms with van der Waals surface area (Å²) in [6, 6.07) is 4.13. The lowest BCUT2D eigenvalue weighted by molar-refractivity contribution is -0.108. The van der Waals surface area contributed by atoms with Crippen molar-refractivity contribution >= 4 is 6.29 Å². The van der Waals surface area contributed by atoms with E-state index in [0.29, 0.717) is 6.42 Å². The van der Waals surface area contributed by atoms with E-state index in [2.05, 4.69) is 13.0 Å². The van der Waals surface area contributed by atoms with Crippen LogP contribution in [0.25, 0.3) is 0 Å². The summed E-state index contributed by atoms with van der Waals surface area (Å²) in [4.78, 5) is 10.5. The molecule has 0 spiro atoms. The second-order valence-corrected chi connectivity index (χ2v) is 3.93. The molecule has 1 unspecified atom stereocenters.